The van der Waals surface area contributed by atoms with E-state index in [2.05, 4.69) is 76.3 Å². The highest BCUT2D eigenvalue weighted by molar-refractivity contribution is 7.15. The summed E-state index contributed by atoms with van der Waals surface area (Å²) >= 11 is 1.67. The molecule has 1 aliphatic rings. The molecule has 3 aromatic carbocycles. The van der Waals surface area contributed by atoms with Crippen molar-refractivity contribution < 1.29 is 4.79 Å². The van der Waals surface area contributed by atoms with Crippen LogP contribution in [0, 0.1) is 6.92 Å². The summed E-state index contributed by atoms with van der Waals surface area (Å²) in [6, 6.07) is 29.2. The summed E-state index contributed by atoms with van der Waals surface area (Å²) in [5, 5.41) is 2.18. The van der Waals surface area contributed by atoms with Crippen LogP contribution in [0.15, 0.2) is 96.5 Å². The van der Waals surface area contributed by atoms with Crippen LogP contribution in [-0.4, -0.2) is 32.8 Å². The average molecular weight is 492 g/mol. The molecule has 1 aliphatic carbocycles. The maximum atomic E-state index is 14.1. The van der Waals surface area contributed by atoms with Gasteiger partial charge in [0.05, 0.1) is 11.6 Å². The fraction of sp³-hybridized carbons (Fsp3) is 0.226. The Morgan fingerprint density at radius 2 is 1.61 bits per heavy atom. The molecule has 0 unspecified atom stereocenters. The van der Waals surface area contributed by atoms with Crippen molar-refractivity contribution >= 4 is 22.2 Å². The van der Waals surface area contributed by atoms with Crippen LogP contribution in [0.3, 0.4) is 0 Å². The van der Waals surface area contributed by atoms with Crippen LogP contribution >= 0.6 is 11.3 Å². The lowest BCUT2D eigenvalue weighted by atomic mass is 9.90. The van der Waals surface area contributed by atoms with Gasteiger partial charge in [0.1, 0.15) is 0 Å². The minimum Gasteiger partial charge on any atom is -0.339 e. The second kappa shape index (κ2) is 9.75. The number of carbonyl (C=O) groups excluding carboxylic acids is 1. The fourth-order valence-corrected chi connectivity index (χ4v) is 5.81. The first-order chi connectivity index (χ1) is 17.7. The Bertz CT molecular complexity index is 1430. The first-order valence-corrected chi connectivity index (χ1v) is 13.5. The molecule has 1 saturated carbocycles. The number of amides is 1. The molecule has 0 radical (unpaired) electrons. The van der Waals surface area contributed by atoms with Crippen LogP contribution in [0.4, 0.5) is 0 Å². The summed E-state index contributed by atoms with van der Waals surface area (Å²) in [6.07, 6.45) is 5.11. The monoisotopic (exact) mass is 491 g/mol. The second-order valence-corrected chi connectivity index (χ2v) is 10.5. The third-order valence-corrected chi connectivity index (χ3v) is 7.91. The van der Waals surface area contributed by atoms with E-state index in [0.717, 1.165) is 46.6 Å². The Labute approximate surface area is 215 Å². The van der Waals surface area contributed by atoms with Gasteiger partial charge in [-0.05, 0) is 30.9 Å². The van der Waals surface area contributed by atoms with Crippen LogP contribution in [0.25, 0.3) is 16.2 Å². The van der Waals surface area contributed by atoms with Gasteiger partial charge >= 0.3 is 0 Å². The number of benzene rings is 3. The third kappa shape index (κ3) is 4.59. The summed E-state index contributed by atoms with van der Waals surface area (Å²) in [5.74, 6) is -0.0794. The van der Waals surface area contributed by atoms with E-state index in [1.54, 1.807) is 11.3 Å². The van der Waals surface area contributed by atoms with E-state index in [1.165, 1.54) is 11.3 Å². The molecule has 0 atom stereocenters. The van der Waals surface area contributed by atoms with Crippen LogP contribution < -0.4 is 0 Å². The predicted molar refractivity (Wildman–Crippen MR) is 146 cm³/mol. The first kappa shape index (κ1) is 22.7. The lowest BCUT2D eigenvalue weighted by Crippen LogP contribution is -2.39. The highest BCUT2D eigenvalue weighted by atomic mass is 32.1. The zero-order valence-corrected chi connectivity index (χ0v) is 21.2. The van der Waals surface area contributed by atoms with Crippen LogP contribution in [0.2, 0.25) is 0 Å². The minimum atomic E-state index is -0.281. The van der Waals surface area contributed by atoms with Crippen LogP contribution in [0.5, 0.6) is 0 Å². The number of aromatic nitrogens is 2. The van der Waals surface area contributed by atoms with Crippen molar-refractivity contribution in [1.29, 1.82) is 0 Å². The van der Waals surface area contributed by atoms with E-state index in [-0.39, 0.29) is 11.8 Å². The molecule has 0 N–H and O–H groups in total. The zero-order valence-electron chi connectivity index (χ0n) is 20.4. The second-order valence-electron chi connectivity index (χ2n) is 9.64. The highest BCUT2D eigenvalue weighted by Crippen LogP contribution is 2.34. The van der Waals surface area contributed by atoms with Crippen molar-refractivity contribution in [2.75, 3.05) is 6.54 Å². The van der Waals surface area contributed by atoms with Gasteiger partial charge in [-0.15, -0.1) is 11.3 Å². The van der Waals surface area contributed by atoms with Gasteiger partial charge in [-0.2, -0.15) is 0 Å². The Morgan fingerprint density at radius 3 is 2.22 bits per heavy atom. The maximum Gasteiger partial charge on any atom is 0.234 e. The quantitative estimate of drug-likeness (QED) is 0.241. The Balaban J connectivity index is 1.26. The third-order valence-electron chi connectivity index (χ3n) is 7.02. The fourth-order valence-electron chi connectivity index (χ4n) is 4.90. The molecule has 0 aliphatic heterocycles. The van der Waals surface area contributed by atoms with E-state index in [1.807, 2.05) is 36.4 Å². The number of carbonyl (C=O) groups is 1. The van der Waals surface area contributed by atoms with E-state index in [9.17, 15) is 4.79 Å². The lowest BCUT2D eigenvalue weighted by Gasteiger charge is -2.28. The molecule has 4 nitrogen and oxygen atoms in total. The molecule has 2 heterocycles. The normalized spacial score (nSPS) is 13.4. The number of nitrogens with zero attached hydrogens (tertiary/aromatic N) is 3. The molecule has 1 amide bonds. The number of fused-ring (bicyclic) bond motifs is 1. The van der Waals surface area contributed by atoms with E-state index in [4.69, 9.17) is 4.98 Å². The molecule has 0 bridgehead atoms. The molecule has 1 fully saturated rings. The lowest BCUT2D eigenvalue weighted by molar-refractivity contribution is -0.132. The number of hydrogen-bond donors (Lipinski definition) is 0. The zero-order chi connectivity index (χ0) is 24.5. The Hall–Kier alpha value is -3.70. The number of imidazole rings is 1. The highest BCUT2D eigenvalue weighted by Gasteiger charge is 2.36. The molecule has 5 aromatic rings. The van der Waals surface area contributed by atoms with Crippen molar-refractivity contribution in [3.63, 3.8) is 0 Å². The van der Waals surface area contributed by atoms with Gasteiger partial charge in [0.25, 0.3) is 0 Å². The Morgan fingerprint density at radius 1 is 0.972 bits per heavy atom. The van der Waals surface area contributed by atoms with Gasteiger partial charge in [0.15, 0.2) is 4.96 Å². The van der Waals surface area contributed by atoms with Crippen molar-refractivity contribution in [1.82, 2.24) is 14.3 Å². The van der Waals surface area contributed by atoms with Gasteiger partial charge in [0.2, 0.25) is 5.91 Å². The van der Waals surface area contributed by atoms with Crippen LogP contribution in [-0.2, 0) is 11.2 Å². The van der Waals surface area contributed by atoms with Crippen molar-refractivity contribution in [3.8, 4) is 11.3 Å². The molecular formula is C31H29N3OS. The SMILES string of the molecule is Cc1ccc(-c2cn3c(CCN(C(=O)C(c4ccccc4)c4ccccc4)C4CC4)csc3n2)cc1. The Kier molecular flexibility index (Phi) is 6.16. The number of aryl methyl sites for hydroxylation is 1. The minimum absolute atomic E-state index is 0.201. The summed E-state index contributed by atoms with van der Waals surface area (Å²) in [4.78, 5) is 22.1. The smallest absolute Gasteiger partial charge is 0.234 e. The van der Waals surface area contributed by atoms with Crippen molar-refractivity contribution in [2.45, 2.75) is 38.1 Å². The molecule has 5 heteroatoms. The molecule has 36 heavy (non-hydrogen) atoms. The summed E-state index contributed by atoms with van der Waals surface area (Å²) < 4.78 is 2.20. The average Bonchev–Trinajstić information content (AvgIpc) is 3.55. The predicted octanol–water partition coefficient (Wildman–Crippen LogP) is 6.74. The van der Waals surface area contributed by atoms with Gasteiger partial charge in [-0.25, -0.2) is 4.98 Å². The molecule has 0 saturated heterocycles. The van der Waals surface area contributed by atoms with E-state index >= 15 is 0 Å². The number of thiazole rings is 1. The van der Waals surface area contributed by atoms with E-state index in [0.29, 0.717) is 12.6 Å². The summed E-state index contributed by atoms with van der Waals surface area (Å²) in [7, 11) is 0. The molecule has 2 aromatic heterocycles. The van der Waals surface area contributed by atoms with E-state index < -0.39 is 0 Å². The van der Waals surface area contributed by atoms with Gasteiger partial charge in [0, 0.05) is 41.8 Å². The van der Waals surface area contributed by atoms with Gasteiger partial charge < -0.3 is 4.90 Å². The van der Waals surface area contributed by atoms with Crippen molar-refractivity contribution in [3.05, 3.63) is 119 Å². The summed E-state index contributed by atoms with van der Waals surface area (Å²) in [6.45, 7) is 2.81. The summed E-state index contributed by atoms with van der Waals surface area (Å²) in [5.41, 5.74) is 6.67. The van der Waals surface area contributed by atoms with Gasteiger partial charge in [-0.3, -0.25) is 9.20 Å². The number of hydrogen-bond acceptors (Lipinski definition) is 3. The molecular weight excluding hydrogens is 462 g/mol. The standard InChI is InChI=1S/C31H29N3OS/c1-22-12-14-23(15-13-22)28-20-34-27(21-36-31(34)32-28)18-19-33(26-16-17-26)30(35)29(24-8-4-2-5-9-24)25-10-6-3-7-11-25/h2-15,20-21,26,29H,16-19H2,1H3. The first-order valence-electron chi connectivity index (χ1n) is 12.6. The van der Waals surface area contributed by atoms with Crippen molar-refractivity contribution in [2.24, 2.45) is 0 Å². The topological polar surface area (TPSA) is 37.6 Å². The largest absolute Gasteiger partial charge is 0.339 e. The molecule has 6 rings (SSSR count). The molecule has 180 valence electrons. The maximum absolute atomic E-state index is 14.1. The van der Waals surface area contributed by atoms with Gasteiger partial charge in [-0.1, -0.05) is 90.5 Å². The number of rotatable bonds is 8. The van der Waals surface area contributed by atoms with Crippen LogP contribution in [0.1, 0.15) is 41.1 Å². The molecule has 0 spiro atoms.